The zero-order valence-electron chi connectivity index (χ0n) is 25.0. The van der Waals surface area contributed by atoms with Crippen molar-refractivity contribution in [3.63, 3.8) is 0 Å². The van der Waals surface area contributed by atoms with Crippen LogP contribution in [0.4, 0.5) is 0 Å². The van der Waals surface area contributed by atoms with Crippen LogP contribution < -0.4 is 0 Å². The maximum atomic E-state index is 9.91. The van der Waals surface area contributed by atoms with Crippen LogP contribution in [-0.2, 0) is 5.41 Å². The Labute approximate surface area is 256 Å². The van der Waals surface area contributed by atoms with Crippen molar-refractivity contribution in [3.05, 3.63) is 138 Å². The average molecular weight is 567 g/mol. The van der Waals surface area contributed by atoms with Crippen LogP contribution in [0.15, 0.2) is 114 Å². The van der Waals surface area contributed by atoms with Crippen LogP contribution in [0.5, 0.6) is 0 Å². The highest BCUT2D eigenvalue weighted by atomic mass is 16.3. The fourth-order valence-corrected chi connectivity index (χ4v) is 7.30. The molecule has 5 aromatic carbocycles. The largest absolute Gasteiger partial charge is 0.455 e. The Bertz CT molecular complexity index is 2400. The first-order chi connectivity index (χ1) is 21.5. The lowest BCUT2D eigenvalue weighted by molar-refractivity contribution is 0.653. The van der Waals surface area contributed by atoms with Gasteiger partial charge in [0.2, 0.25) is 0 Å². The second-order valence-electron chi connectivity index (χ2n) is 12.0. The third-order valence-corrected chi connectivity index (χ3v) is 9.34. The molecule has 0 atom stereocenters. The minimum Gasteiger partial charge on any atom is -0.455 e. The molecule has 1 aliphatic rings. The highest BCUT2D eigenvalue weighted by Gasteiger charge is 2.37. The van der Waals surface area contributed by atoms with Gasteiger partial charge in [0, 0.05) is 38.3 Å². The van der Waals surface area contributed by atoms with Gasteiger partial charge in [0.15, 0.2) is 0 Å². The standard InChI is InChI=1S/C41H30N2O/c1-5-11-28-29-12-8-10-15-36(29)43(35(28)6-2)37-22-25(24-42)16-18-27(37)26-17-21-38-32(23-26)30-19-20-34-39(40(30)44-38)31-13-7-9-14-33(31)41(34,3)4/h5-23H,2H2,1,3-4H3/b11-5-. The van der Waals surface area contributed by atoms with Crippen molar-refractivity contribution < 1.29 is 4.42 Å². The lowest BCUT2D eigenvalue weighted by Gasteiger charge is -2.21. The Hall–Kier alpha value is -5.59. The number of furan rings is 1. The van der Waals surface area contributed by atoms with Gasteiger partial charge in [0.05, 0.1) is 28.5 Å². The summed E-state index contributed by atoms with van der Waals surface area (Å²) in [6.07, 6.45) is 6.09. The van der Waals surface area contributed by atoms with Gasteiger partial charge in [-0.05, 0) is 65.6 Å². The van der Waals surface area contributed by atoms with E-state index in [1.165, 1.54) is 22.3 Å². The topological polar surface area (TPSA) is 41.9 Å². The number of nitriles is 1. The van der Waals surface area contributed by atoms with Gasteiger partial charge in [-0.15, -0.1) is 0 Å². The predicted molar refractivity (Wildman–Crippen MR) is 183 cm³/mol. The van der Waals surface area contributed by atoms with Gasteiger partial charge >= 0.3 is 0 Å². The normalized spacial score (nSPS) is 13.5. The van der Waals surface area contributed by atoms with Gasteiger partial charge in [-0.1, -0.05) is 99.3 Å². The van der Waals surface area contributed by atoms with E-state index < -0.39 is 0 Å². The van der Waals surface area contributed by atoms with Crippen LogP contribution in [0.3, 0.4) is 0 Å². The fraction of sp³-hybridized carbons (Fsp3) is 0.0976. The van der Waals surface area contributed by atoms with Crippen molar-refractivity contribution in [1.29, 1.82) is 5.26 Å². The molecule has 3 nitrogen and oxygen atoms in total. The molecule has 210 valence electrons. The number of hydrogen-bond acceptors (Lipinski definition) is 2. The number of para-hydroxylation sites is 1. The molecular weight excluding hydrogens is 536 g/mol. The second-order valence-corrected chi connectivity index (χ2v) is 12.0. The van der Waals surface area contributed by atoms with Crippen molar-refractivity contribution in [2.75, 3.05) is 0 Å². The first-order valence-electron chi connectivity index (χ1n) is 15.0. The highest BCUT2D eigenvalue weighted by molar-refractivity contribution is 6.12. The number of hydrogen-bond donors (Lipinski definition) is 0. The average Bonchev–Trinajstić information content (AvgIpc) is 3.66. The minimum atomic E-state index is -0.0874. The molecule has 44 heavy (non-hydrogen) atoms. The summed E-state index contributed by atoms with van der Waals surface area (Å²) in [6, 6.07) is 36.3. The molecule has 2 aromatic heterocycles. The van der Waals surface area contributed by atoms with E-state index in [1.807, 2.05) is 25.1 Å². The van der Waals surface area contributed by atoms with Gasteiger partial charge in [0.1, 0.15) is 11.2 Å². The second kappa shape index (κ2) is 9.46. The van der Waals surface area contributed by atoms with Gasteiger partial charge in [0.25, 0.3) is 0 Å². The fourth-order valence-electron chi connectivity index (χ4n) is 7.30. The Morgan fingerprint density at radius 1 is 0.818 bits per heavy atom. The Morgan fingerprint density at radius 2 is 1.64 bits per heavy atom. The molecule has 0 bridgehead atoms. The van der Waals surface area contributed by atoms with E-state index in [2.05, 4.69) is 128 Å². The van der Waals surface area contributed by atoms with Crippen LogP contribution in [0.25, 0.3) is 72.9 Å². The van der Waals surface area contributed by atoms with Crippen LogP contribution in [0.1, 0.15) is 48.7 Å². The summed E-state index contributed by atoms with van der Waals surface area (Å²) >= 11 is 0. The summed E-state index contributed by atoms with van der Waals surface area (Å²) in [5.41, 5.74) is 13.6. The van der Waals surface area contributed by atoms with E-state index >= 15 is 0 Å². The van der Waals surface area contributed by atoms with Crippen LogP contribution in [0.2, 0.25) is 0 Å². The van der Waals surface area contributed by atoms with E-state index in [4.69, 9.17) is 4.42 Å². The van der Waals surface area contributed by atoms with Crippen LogP contribution >= 0.6 is 0 Å². The predicted octanol–water partition coefficient (Wildman–Crippen LogP) is 11.1. The highest BCUT2D eigenvalue weighted by Crippen LogP contribution is 2.52. The number of fused-ring (bicyclic) bond motifs is 8. The SMILES string of the molecule is C=Cc1c(/C=C\C)c2ccccc2n1-c1cc(C#N)ccc1-c1ccc2oc3c4c(ccc3c2c1)C(C)(C)c1ccccc1-4. The molecule has 8 rings (SSSR count). The summed E-state index contributed by atoms with van der Waals surface area (Å²) < 4.78 is 8.88. The number of rotatable bonds is 4. The van der Waals surface area contributed by atoms with Crippen molar-refractivity contribution >= 4 is 45.0 Å². The van der Waals surface area contributed by atoms with Crippen molar-refractivity contribution in [2.45, 2.75) is 26.2 Å². The molecule has 0 saturated heterocycles. The summed E-state index contributed by atoms with van der Waals surface area (Å²) in [5, 5.41) is 13.2. The van der Waals surface area contributed by atoms with Gasteiger partial charge in [-0.2, -0.15) is 5.26 Å². The summed E-state index contributed by atoms with van der Waals surface area (Å²) in [5.74, 6) is 0. The molecular formula is C41H30N2O. The molecule has 2 heterocycles. The summed E-state index contributed by atoms with van der Waals surface area (Å²) in [4.78, 5) is 0. The first-order valence-corrected chi connectivity index (χ1v) is 15.0. The maximum Gasteiger partial charge on any atom is 0.143 e. The smallest absolute Gasteiger partial charge is 0.143 e. The molecule has 0 unspecified atom stereocenters. The van der Waals surface area contributed by atoms with E-state index in [-0.39, 0.29) is 5.41 Å². The Balaban J connectivity index is 1.40. The zero-order valence-corrected chi connectivity index (χ0v) is 25.0. The number of allylic oxidation sites excluding steroid dienone is 1. The van der Waals surface area contributed by atoms with Gasteiger partial charge < -0.3 is 8.98 Å². The third kappa shape index (κ3) is 3.49. The zero-order chi connectivity index (χ0) is 30.2. The molecule has 0 radical (unpaired) electrons. The lowest BCUT2D eigenvalue weighted by Crippen LogP contribution is -2.14. The van der Waals surface area contributed by atoms with E-state index in [1.54, 1.807) is 0 Å². The van der Waals surface area contributed by atoms with Crippen LogP contribution in [0, 0.1) is 11.3 Å². The van der Waals surface area contributed by atoms with Crippen LogP contribution in [-0.4, -0.2) is 4.57 Å². The monoisotopic (exact) mass is 566 g/mol. The van der Waals surface area contributed by atoms with Crippen molar-refractivity contribution in [1.82, 2.24) is 4.57 Å². The molecule has 0 amide bonds. The number of aromatic nitrogens is 1. The summed E-state index contributed by atoms with van der Waals surface area (Å²) in [7, 11) is 0. The molecule has 0 saturated carbocycles. The van der Waals surface area contributed by atoms with E-state index in [0.29, 0.717) is 5.56 Å². The van der Waals surface area contributed by atoms with Gasteiger partial charge in [-0.3, -0.25) is 0 Å². The first kappa shape index (κ1) is 26.1. The molecule has 0 spiro atoms. The molecule has 0 fully saturated rings. The quantitative estimate of drug-likeness (QED) is 0.213. The van der Waals surface area contributed by atoms with Crippen molar-refractivity contribution in [3.8, 4) is 34.0 Å². The van der Waals surface area contributed by atoms with E-state index in [9.17, 15) is 5.26 Å². The van der Waals surface area contributed by atoms with Gasteiger partial charge in [-0.25, -0.2) is 0 Å². The minimum absolute atomic E-state index is 0.0874. The Morgan fingerprint density at radius 3 is 2.45 bits per heavy atom. The lowest BCUT2D eigenvalue weighted by atomic mass is 9.82. The van der Waals surface area contributed by atoms with Crippen molar-refractivity contribution in [2.24, 2.45) is 0 Å². The Kier molecular flexibility index (Phi) is 5.60. The number of nitrogens with zero attached hydrogens (tertiary/aromatic N) is 2. The molecule has 3 heteroatoms. The summed E-state index contributed by atoms with van der Waals surface area (Å²) in [6.45, 7) is 10.8. The molecule has 0 N–H and O–H groups in total. The maximum absolute atomic E-state index is 9.91. The molecule has 0 aliphatic heterocycles. The number of benzene rings is 5. The third-order valence-electron chi connectivity index (χ3n) is 9.34. The molecule has 7 aromatic rings. The van der Waals surface area contributed by atoms with E-state index in [0.717, 1.165) is 60.9 Å². The molecule has 1 aliphatic carbocycles.